The van der Waals surface area contributed by atoms with Gasteiger partial charge in [-0.15, -0.1) is 11.8 Å². The number of carbonyl (C=O) groups is 2. The summed E-state index contributed by atoms with van der Waals surface area (Å²) in [7, 11) is 0. The Morgan fingerprint density at radius 3 is 2.28 bits per heavy atom. The third-order valence-corrected chi connectivity index (χ3v) is 7.29. The zero-order chi connectivity index (χ0) is 25.8. The Morgan fingerprint density at radius 2 is 1.61 bits per heavy atom. The van der Waals surface area contributed by atoms with Crippen molar-refractivity contribution in [1.29, 1.82) is 0 Å². The van der Waals surface area contributed by atoms with Crippen LogP contribution in [0.15, 0.2) is 83.3 Å². The lowest BCUT2D eigenvalue weighted by Crippen LogP contribution is -2.51. The van der Waals surface area contributed by atoms with Crippen molar-refractivity contribution in [3.05, 3.63) is 106 Å². The first-order valence-electron chi connectivity index (χ1n) is 12.1. The van der Waals surface area contributed by atoms with Crippen LogP contribution in [-0.2, 0) is 28.3 Å². The predicted molar refractivity (Wildman–Crippen MR) is 149 cm³/mol. The molecule has 0 fully saturated rings. The lowest BCUT2D eigenvalue weighted by atomic mass is 10.0. The smallest absolute Gasteiger partial charge is 0.243 e. The van der Waals surface area contributed by atoms with E-state index in [0.29, 0.717) is 25.3 Å². The van der Waals surface area contributed by atoms with E-state index in [4.69, 9.17) is 0 Å². The molecule has 1 atom stereocenters. The molecule has 0 radical (unpaired) electrons. The third-order valence-electron chi connectivity index (χ3n) is 5.77. The van der Waals surface area contributed by atoms with Crippen molar-refractivity contribution in [2.75, 3.05) is 12.3 Å². The van der Waals surface area contributed by atoms with E-state index in [0.717, 1.165) is 34.0 Å². The van der Waals surface area contributed by atoms with Crippen molar-refractivity contribution in [2.45, 2.75) is 44.5 Å². The molecule has 0 heterocycles. The maximum atomic E-state index is 13.6. The second-order valence-electron chi connectivity index (χ2n) is 8.62. The summed E-state index contributed by atoms with van der Waals surface area (Å²) in [4.78, 5) is 28.7. The van der Waals surface area contributed by atoms with Crippen molar-refractivity contribution >= 4 is 39.5 Å². The van der Waals surface area contributed by atoms with Crippen molar-refractivity contribution < 1.29 is 14.0 Å². The summed E-state index contributed by atoms with van der Waals surface area (Å²) in [6.45, 7) is 3.00. The topological polar surface area (TPSA) is 49.4 Å². The number of amides is 2. The van der Waals surface area contributed by atoms with Crippen LogP contribution in [0.25, 0.3) is 0 Å². The van der Waals surface area contributed by atoms with Gasteiger partial charge in [0.15, 0.2) is 0 Å². The summed E-state index contributed by atoms with van der Waals surface area (Å²) in [5.41, 5.74) is 2.90. The lowest BCUT2D eigenvalue weighted by molar-refractivity contribution is -0.139. The Balaban J connectivity index is 1.81. The average molecular weight is 572 g/mol. The molecule has 3 aromatic carbocycles. The number of unbranched alkanes of at least 4 members (excludes halogenated alkanes) is 1. The van der Waals surface area contributed by atoms with Gasteiger partial charge in [-0.25, -0.2) is 4.39 Å². The minimum atomic E-state index is -0.633. The molecule has 0 saturated carbocycles. The average Bonchev–Trinajstić information content (AvgIpc) is 2.89. The summed E-state index contributed by atoms with van der Waals surface area (Å²) < 4.78 is 14.2. The number of carbonyl (C=O) groups excluding carboxylic acids is 2. The van der Waals surface area contributed by atoms with Crippen molar-refractivity contribution in [3.8, 4) is 0 Å². The Hall–Kier alpha value is -2.64. The highest BCUT2D eigenvalue weighted by molar-refractivity contribution is 9.10. The zero-order valence-electron chi connectivity index (χ0n) is 20.5. The molecule has 0 bridgehead atoms. The van der Waals surface area contributed by atoms with Gasteiger partial charge in [0.2, 0.25) is 11.8 Å². The number of nitrogens with one attached hydrogen (secondary N) is 1. The number of thioether (sulfide) groups is 1. The maximum absolute atomic E-state index is 13.6. The summed E-state index contributed by atoms with van der Waals surface area (Å²) >= 11 is 4.93. The molecule has 2 amide bonds. The fraction of sp³-hybridized carbons (Fsp3) is 0.310. The highest BCUT2D eigenvalue weighted by Crippen LogP contribution is 2.20. The third kappa shape index (κ3) is 9.10. The Morgan fingerprint density at radius 1 is 0.944 bits per heavy atom. The molecule has 190 valence electrons. The molecule has 3 aromatic rings. The summed E-state index contributed by atoms with van der Waals surface area (Å²) in [6, 6.07) is 23.3. The second-order valence-corrected chi connectivity index (χ2v) is 10.5. The molecule has 0 saturated heterocycles. The van der Waals surface area contributed by atoms with Crippen molar-refractivity contribution in [2.24, 2.45) is 0 Å². The van der Waals surface area contributed by atoms with Gasteiger partial charge in [-0.2, -0.15) is 0 Å². The van der Waals surface area contributed by atoms with E-state index in [1.54, 1.807) is 17.0 Å². The monoisotopic (exact) mass is 570 g/mol. The number of nitrogens with zero attached hydrogens (tertiary/aromatic N) is 1. The van der Waals surface area contributed by atoms with Crippen LogP contribution in [0.1, 0.15) is 36.5 Å². The normalized spacial score (nSPS) is 11.6. The highest BCUT2D eigenvalue weighted by Gasteiger charge is 2.30. The zero-order valence-corrected chi connectivity index (χ0v) is 22.9. The SMILES string of the molecule is CCCCNC(=O)[C@H](Cc1ccccc1)N(Cc1ccc(Br)cc1)C(=O)CSCc1ccc(F)cc1. The van der Waals surface area contributed by atoms with Gasteiger partial charge in [0.25, 0.3) is 0 Å². The number of hydrogen-bond donors (Lipinski definition) is 1. The second kappa shape index (κ2) is 14.8. The van der Waals surface area contributed by atoms with E-state index >= 15 is 0 Å². The van der Waals surface area contributed by atoms with Crippen LogP contribution in [0.5, 0.6) is 0 Å². The van der Waals surface area contributed by atoms with Gasteiger partial charge in [-0.3, -0.25) is 9.59 Å². The Bertz CT molecular complexity index is 1090. The molecule has 0 spiro atoms. The lowest BCUT2D eigenvalue weighted by Gasteiger charge is -2.31. The summed E-state index contributed by atoms with van der Waals surface area (Å²) in [6.07, 6.45) is 2.30. The molecular weight excluding hydrogens is 539 g/mol. The van der Waals surface area contributed by atoms with E-state index in [1.165, 1.54) is 23.9 Å². The van der Waals surface area contributed by atoms with Crippen LogP contribution >= 0.6 is 27.7 Å². The number of rotatable bonds is 13. The Kier molecular flexibility index (Phi) is 11.5. The van der Waals surface area contributed by atoms with E-state index in [2.05, 4.69) is 28.2 Å². The van der Waals surface area contributed by atoms with Crippen LogP contribution in [0.2, 0.25) is 0 Å². The minimum Gasteiger partial charge on any atom is -0.354 e. The molecule has 4 nitrogen and oxygen atoms in total. The molecular formula is C29H32BrFN2O2S. The molecule has 0 unspecified atom stereocenters. The van der Waals surface area contributed by atoms with E-state index in [-0.39, 0.29) is 23.4 Å². The Labute approximate surface area is 225 Å². The van der Waals surface area contributed by atoms with E-state index < -0.39 is 6.04 Å². The summed E-state index contributed by atoms with van der Waals surface area (Å²) in [5.74, 6) is 0.294. The van der Waals surface area contributed by atoms with Gasteiger partial charge in [0.1, 0.15) is 11.9 Å². The van der Waals surface area contributed by atoms with Crippen LogP contribution in [0, 0.1) is 5.82 Å². The molecule has 0 aliphatic heterocycles. The standard InChI is InChI=1S/C29H32BrFN2O2S/c1-2-3-17-32-29(35)27(18-22-7-5-4-6-8-22)33(19-23-9-13-25(30)14-10-23)28(34)21-36-20-24-11-15-26(31)16-12-24/h4-16,27H,2-3,17-21H2,1H3,(H,32,35)/t27-/m0/s1. The molecule has 7 heteroatoms. The molecule has 0 aliphatic rings. The first-order valence-corrected chi connectivity index (χ1v) is 14.1. The maximum Gasteiger partial charge on any atom is 0.243 e. The van der Waals surface area contributed by atoms with Gasteiger partial charge < -0.3 is 10.2 Å². The summed E-state index contributed by atoms with van der Waals surface area (Å²) in [5, 5.41) is 3.04. The number of hydrogen-bond acceptors (Lipinski definition) is 3. The molecule has 1 N–H and O–H groups in total. The first-order chi connectivity index (χ1) is 17.5. The predicted octanol–water partition coefficient (Wildman–Crippen LogP) is 6.38. The largest absolute Gasteiger partial charge is 0.354 e. The van der Waals surface area contributed by atoms with Crippen LogP contribution in [0.4, 0.5) is 4.39 Å². The first kappa shape index (κ1) is 27.9. The quantitative estimate of drug-likeness (QED) is 0.243. The van der Waals surface area contributed by atoms with Crippen molar-refractivity contribution in [1.82, 2.24) is 10.2 Å². The van der Waals surface area contributed by atoms with Gasteiger partial charge in [0, 0.05) is 29.7 Å². The van der Waals surface area contributed by atoms with Crippen molar-refractivity contribution in [3.63, 3.8) is 0 Å². The van der Waals surface area contributed by atoms with Gasteiger partial charge >= 0.3 is 0 Å². The fourth-order valence-corrected chi connectivity index (χ4v) is 4.90. The fourth-order valence-electron chi connectivity index (χ4n) is 3.77. The molecule has 0 aliphatic carbocycles. The number of halogens is 2. The molecule has 36 heavy (non-hydrogen) atoms. The molecule has 0 aromatic heterocycles. The number of benzene rings is 3. The minimum absolute atomic E-state index is 0.100. The van der Waals surface area contributed by atoms with Gasteiger partial charge in [-0.05, 0) is 47.4 Å². The van der Waals surface area contributed by atoms with Gasteiger partial charge in [0.05, 0.1) is 5.75 Å². The van der Waals surface area contributed by atoms with Crippen LogP contribution in [-0.4, -0.2) is 35.1 Å². The van der Waals surface area contributed by atoms with Crippen LogP contribution < -0.4 is 5.32 Å². The highest BCUT2D eigenvalue weighted by atomic mass is 79.9. The van der Waals surface area contributed by atoms with E-state index in [1.807, 2.05) is 54.6 Å². The van der Waals surface area contributed by atoms with Gasteiger partial charge in [-0.1, -0.05) is 83.9 Å². The molecule has 3 rings (SSSR count). The van der Waals surface area contributed by atoms with Crippen LogP contribution in [0.3, 0.4) is 0 Å². The van der Waals surface area contributed by atoms with E-state index in [9.17, 15) is 14.0 Å².